The smallest absolute Gasteiger partial charge is 0.238 e. The lowest BCUT2D eigenvalue weighted by Gasteiger charge is -2.17. The van der Waals surface area contributed by atoms with Crippen LogP contribution in [-0.4, -0.2) is 20.5 Å². The second-order valence-corrected chi connectivity index (χ2v) is 7.16. The number of aromatic nitrogens is 3. The summed E-state index contributed by atoms with van der Waals surface area (Å²) < 4.78 is 1.88. The zero-order valence-electron chi connectivity index (χ0n) is 14.5. The molecule has 1 atom stereocenters. The van der Waals surface area contributed by atoms with Crippen molar-refractivity contribution < 1.29 is 4.79 Å². The van der Waals surface area contributed by atoms with E-state index >= 15 is 0 Å². The van der Waals surface area contributed by atoms with Crippen LogP contribution in [0.4, 0.5) is 0 Å². The molecule has 1 N–H and O–H groups in total. The van der Waals surface area contributed by atoms with E-state index in [0.29, 0.717) is 12.4 Å². The van der Waals surface area contributed by atoms with Gasteiger partial charge < -0.3 is 5.32 Å². The van der Waals surface area contributed by atoms with Crippen LogP contribution in [0.5, 0.6) is 0 Å². The Bertz CT molecular complexity index is 1030. The first-order valence-corrected chi connectivity index (χ1v) is 9.52. The van der Waals surface area contributed by atoms with E-state index in [9.17, 15) is 4.79 Å². The number of nitrogens with one attached hydrogen (secondary N) is 1. The molecule has 2 aromatic heterocycles. The molecule has 0 radical (unpaired) electrons. The van der Waals surface area contributed by atoms with E-state index in [2.05, 4.69) is 15.5 Å². The van der Waals surface area contributed by atoms with Crippen molar-refractivity contribution in [2.75, 3.05) is 0 Å². The monoisotopic (exact) mass is 374 g/mol. The van der Waals surface area contributed by atoms with Gasteiger partial charge in [-0.15, -0.1) is 22.0 Å². The number of rotatable bonds is 6. The van der Waals surface area contributed by atoms with Gasteiger partial charge in [0.05, 0.1) is 6.54 Å². The maximum Gasteiger partial charge on any atom is 0.238 e. The third-order valence-electron chi connectivity index (χ3n) is 4.14. The number of nitrogens with zero attached hydrogens (tertiary/aromatic N) is 3. The van der Waals surface area contributed by atoms with E-state index in [4.69, 9.17) is 0 Å². The Hall–Kier alpha value is -3.12. The SMILES string of the molecule is O=C(NCc1nnc2ccccn12)[C@H](Sc1ccccc1)c1ccccc1. The second kappa shape index (κ2) is 8.05. The normalized spacial score (nSPS) is 12.0. The molecule has 6 heteroatoms. The van der Waals surface area contributed by atoms with Crippen LogP contribution in [0.1, 0.15) is 16.6 Å². The van der Waals surface area contributed by atoms with Crippen molar-refractivity contribution in [1.29, 1.82) is 0 Å². The van der Waals surface area contributed by atoms with E-state index in [0.717, 1.165) is 16.1 Å². The van der Waals surface area contributed by atoms with E-state index in [1.54, 1.807) is 0 Å². The van der Waals surface area contributed by atoms with Crippen molar-refractivity contribution in [1.82, 2.24) is 19.9 Å². The van der Waals surface area contributed by atoms with E-state index < -0.39 is 0 Å². The molecule has 0 aliphatic heterocycles. The molecule has 5 nitrogen and oxygen atoms in total. The van der Waals surface area contributed by atoms with Crippen molar-refractivity contribution in [3.63, 3.8) is 0 Å². The number of benzene rings is 2. The molecule has 1 amide bonds. The molecule has 4 rings (SSSR count). The summed E-state index contributed by atoms with van der Waals surface area (Å²) in [6, 6.07) is 25.5. The number of amides is 1. The number of pyridine rings is 1. The van der Waals surface area contributed by atoms with Crippen LogP contribution in [0.3, 0.4) is 0 Å². The Morgan fingerprint density at radius 3 is 2.41 bits per heavy atom. The molecule has 0 bridgehead atoms. The van der Waals surface area contributed by atoms with Gasteiger partial charge in [0.15, 0.2) is 11.5 Å². The highest BCUT2D eigenvalue weighted by Gasteiger charge is 2.22. The number of fused-ring (bicyclic) bond motifs is 1. The van der Waals surface area contributed by atoms with Crippen molar-refractivity contribution in [2.45, 2.75) is 16.7 Å². The van der Waals surface area contributed by atoms with Gasteiger partial charge in [-0.2, -0.15) is 0 Å². The van der Waals surface area contributed by atoms with Gasteiger partial charge in [-0.3, -0.25) is 9.20 Å². The van der Waals surface area contributed by atoms with Crippen LogP contribution in [0.15, 0.2) is 90.0 Å². The third kappa shape index (κ3) is 4.01. The van der Waals surface area contributed by atoms with E-state index in [1.807, 2.05) is 89.5 Å². The highest BCUT2D eigenvalue weighted by Crippen LogP contribution is 2.35. The quantitative estimate of drug-likeness (QED) is 0.520. The Morgan fingerprint density at radius 1 is 0.926 bits per heavy atom. The fraction of sp³-hybridized carbons (Fsp3) is 0.0952. The van der Waals surface area contributed by atoms with Gasteiger partial charge in [0.2, 0.25) is 5.91 Å². The molecule has 0 unspecified atom stereocenters. The molecule has 27 heavy (non-hydrogen) atoms. The standard InChI is InChI=1S/C21H18N4OS/c26-21(22-15-19-24-23-18-13-7-8-14-25(18)19)20(16-9-3-1-4-10-16)27-17-11-5-2-6-12-17/h1-14,20H,15H2,(H,22,26)/t20-/m1/s1. The van der Waals surface area contributed by atoms with Crippen LogP contribution < -0.4 is 5.32 Å². The van der Waals surface area contributed by atoms with Crippen LogP contribution in [0.25, 0.3) is 5.65 Å². The van der Waals surface area contributed by atoms with Crippen LogP contribution in [0.2, 0.25) is 0 Å². The average Bonchev–Trinajstić information content (AvgIpc) is 3.15. The Morgan fingerprint density at radius 2 is 1.63 bits per heavy atom. The molecule has 2 heterocycles. The average molecular weight is 374 g/mol. The maximum atomic E-state index is 13.0. The van der Waals surface area contributed by atoms with Crippen molar-refractivity contribution in [3.05, 3.63) is 96.4 Å². The van der Waals surface area contributed by atoms with E-state index in [-0.39, 0.29) is 11.2 Å². The number of carbonyl (C=O) groups excluding carboxylic acids is 1. The van der Waals surface area contributed by atoms with Gasteiger partial charge >= 0.3 is 0 Å². The molecule has 4 aromatic rings. The predicted molar refractivity (Wildman–Crippen MR) is 106 cm³/mol. The summed E-state index contributed by atoms with van der Waals surface area (Å²) in [5, 5.41) is 11.0. The van der Waals surface area contributed by atoms with Crippen LogP contribution in [-0.2, 0) is 11.3 Å². The maximum absolute atomic E-state index is 13.0. The fourth-order valence-electron chi connectivity index (χ4n) is 2.81. The topological polar surface area (TPSA) is 59.3 Å². The second-order valence-electron chi connectivity index (χ2n) is 5.98. The summed E-state index contributed by atoms with van der Waals surface area (Å²) >= 11 is 1.54. The third-order valence-corrected chi connectivity index (χ3v) is 5.41. The molecule has 0 saturated carbocycles. The van der Waals surface area contributed by atoms with E-state index in [1.165, 1.54) is 11.8 Å². The largest absolute Gasteiger partial charge is 0.348 e. The van der Waals surface area contributed by atoms with Crippen LogP contribution in [0, 0.1) is 0 Å². The van der Waals surface area contributed by atoms with Gasteiger partial charge in [0.25, 0.3) is 0 Å². The predicted octanol–water partition coefficient (Wildman–Crippen LogP) is 3.88. The fourth-order valence-corrected chi connectivity index (χ4v) is 3.88. The lowest BCUT2D eigenvalue weighted by atomic mass is 10.1. The minimum Gasteiger partial charge on any atom is -0.348 e. The van der Waals surface area contributed by atoms with Crippen molar-refractivity contribution in [2.24, 2.45) is 0 Å². The molecular formula is C21H18N4OS. The molecule has 0 aliphatic rings. The van der Waals surface area contributed by atoms with Gasteiger partial charge in [0, 0.05) is 11.1 Å². The molecule has 0 spiro atoms. The lowest BCUT2D eigenvalue weighted by molar-refractivity contribution is -0.120. The highest BCUT2D eigenvalue weighted by atomic mass is 32.2. The summed E-state index contributed by atoms with van der Waals surface area (Å²) in [5.41, 5.74) is 1.73. The summed E-state index contributed by atoms with van der Waals surface area (Å²) in [5.74, 6) is 0.651. The Labute approximate surface area is 161 Å². The zero-order chi connectivity index (χ0) is 18.5. The molecule has 134 valence electrons. The highest BCUT2D eigenvalue weighted by molar-refractivity contribution is 8.00. The van der Waals surface area contributed by atoms with Gasteiger partial charge in [-0.25, -0.2) is 0 Å². The Kier molecular flexibility index (Phi) is 5.16. The number of thioether (sulfide) groups is 1. The summed E-state index contributed by atoms with van der Waals surface area (Å²) in [6.45, 7) is 0.322. The Balaban J connectivity index is 1.53. The van der Waals surface area contributed by atoms with Gasteiger partial charge in [-0.1, -0.05) is 54.6 Å². The van der Waals surface area contributed by atoms with Crippen molar-refractivity contribution >= 4 is 23.3 Å². The molecule has 0 aliphatic carbocycles. The number of hydrogen-bond donors (Lipinski definition) is 1. The van der Waals surface area contributed by atoms with Crippen molar-refractivity contribution in [3.8, 4) is 0 Å². The minimum absolute atomic E-state index is 0.0530. The first-order chi connectivity index (χ1) is 13.3. The summed E-state index contributed by atoms with van der Waals surface area (Å²) in [7, 11) is 0. The summed E-state index contributed by atoms with van der Waals surface area (Å²) in [6.07, 6.45) is 1.89. The summed E-state index contributed by atoms with van der Waals surface area (Å²) in [4.78, 5) is 14.0. The number of carbonyl (C=O) groups is 1. The molecular weight excluding hydrogens is 356 g/mol. The lowest BCUT2D eigenvalue weighted by Crippen LogP contribution is -2.28. The van der Waals surface area contributed by atoms with Crippen LogP contribution >= 0.6 is 11.8 Å². The van der Waals surface area contributed by atoms with Gasteiger partial charge in [0.1, 0.15) is 5.25 Å². The minimum atomic E-state index is -0.340. The van der Waals surface area contributed by atoms with Gasteiger partial charge in [-0.05, 0) is 29.8 Å². The number of hydrogen-bond acceptors (Lipinski definition) is 4. The molecule has 0 fully saturated rings. The first kappa shape index (κ1) is 17.3. The zero-order valence-corrected chi connectivity index (χ0v) is 15.3. The molecule has 2 aromatic carbocycles. The first-order valence-electron chi connectivity index (χ1n) is 8.64. The molecule has 0 saturated heterocycles.